The Kier molecular flexibility index (Phi) is 3.99. The number of imide groups is 1. The van der Waals surface area contributed by atoms with E-state index >= 15 is 0 Å². The topological polar surface area (TPSA) is 69.7 Å². The zero-order valence-electron chi connectivity index (χ0n) is 15.1. The van der Waals surface area contributed by atoms with Gasteiger partial charge in [-0.2, -0.15) is 0 Å². The number of hydrogen-bond acceptors (Lipinski definition) is 4. The summed E-state index contributed by atoms with van der Waals surface area (Å²) in [6.45, 7) is 1.26. The molecule has 2 heterocycles. The largest absolute Gasteiger partial charge is 0.333 e. The number of nitrogens with zero attached hydrogens (tertiary/aromatic N) is 2. The molecule has 0 radical (unpaired) electrons. The minimum Gasteiger partial charge on any atom is -0.333 e. The van der Waals surface area contributed by atoms with Crippen LogP contribution in [0.5, 0.6) is 0 Å². The van der Waals surface area contributed by atoms with Crippen LogP contribution in [0.2, 0.25) is 0 Å². The number of likely N-dealkylation sites (tertiary alicyclic amines) is 1. The molecule has 7 heteroatoms. The molecular formula is C19H27N3O3S. The van der Waals surface area contributed by atoms with Gasteiger partial charge in [-0.25, -0.2) is 4.79 Å². The molecule has 6 aliphatic rings. The van der Waals surface area contributed by atoms with Crippen molar-refractivity contribution in [3.8, 4) is 0 Å². The number of urea groups is 1. The number of carbonyl (C=O) groups is 3. The predicted octanol–water partition coefficient (Wildman–Crippen LogP) is 2.82. The second-order valence-electron chi connectivity index (χ2n) is 9.16. The van der Waals surface area contributed by atoms with E-state index in [0.717, 1.165) is 48.8 Å². The van der Waals surface area contributed by atoms with Crippen LogP contribution in [-0.4, -0.2) is 57.4 Å². The summed E-state index contributed by atoms with van der Waals surface area (Å²) in [5.74, 6) is 2.65. The van der Waals surface area contributed by atoms with E-state index in [0.29, 0.717) is 25.9 Å². The van der Waals surface area contributed by atoms with E-state index in [1.54, 1.807) is 0 Å². The van der Waals surface area contributed by atoms with Gasteiger partial charge in [-0.1, -0.05) is 11.8 Å². The first-order valence-electron chi connectivity index (χ1n) is 10.1. The quantitative estimate of drug-likeness (QED) is 0.803. The molecule has 6 nitrogen and oxygen atoms in total. The molecule has 0 aromatic carbocycles. The average molecular weight is 378 g/mol. The lowest BCUT2D eigenvalue weighted by atomic mass is 9.53. The zero-order chi connectivity index (χ0) is 17.9. The van der Waals surface area contributed by atoms with Gasteiger partial charge in [-0.05, 0) is 69.1 Å². The fourth-order valence-electron chi connectivity index (χ4n) is 6.61. The molecule has 0 unspecified atom stereocenters. The molecule has 4 aliphatic carbocycles. The van der Waals surface area contributed by atoms with Crippen molar-refractivity contribution in [2.24, 2.45) is 17.8 Å². The van der Waals surface area contributed by atoms with Crippen molar-refractivity contribution in [2.45, 2.75) is 62.9 Å². The zero-order valence-corrected chi connectivity index (χ0v) is 15.9. The molecule has 2 aliphatic heterocycles. The second kappa shape index (κ2) is 6.14. The standard InChI is InChI=1S/C19H27N3O3S/c23-16-11-26-18(25)22(16)15-1-3-21(4-2-15)17(24)20-19-8-12-5-13(9-19)7-14(6-12)10-19/h12-15H,1-11H2,(H,20,24). The lowest BCUT2D eigenvalue weighted by Crippen LogP contribution is -2.62. The van der Waals surface area contributed by atoms with E-state index < -0.39 is 0 Å². The summed E-state index contributed by atoms with van der Waals surface area (Å²) in [6, 6.07) is 0.0347. The van der Waals surface area contributed by atoms with Crippen molar-refractivity contribution >= 4 is 28.9 Å². The molecule has 0 aromatic rings. The van der Waals surface area contributed by atoms with Gasteiger partial charge in [0.05, 0.1) is 5.75 Å². The maximum atomic E-state index is 12.9. The lowest BCUT2D eigenvalue weighted by Gasteiger charge is -2.57. The number of piperidine rings is 1. The van der Waals surface area contributed by atoms with Crippen LogP contribution in [0.4, 0.5) is 9.59 Å². The molecule has 0 aromatic heterocycles. The fraction of sp³-hybridized carbons (Fsp3) is 0.842. The molecule has 26 heavy (non-hydrogen) atoms. The van der Waals surface area contributed by atoms with Gasteiger partial charge in [0.15, 0.2) is 0 Å². The van der Waals surface area contributed by atoms with Crippen LogP contribution in [0.15, 0.2) is 0 Å². The highest BCUT2D eigenvalue weighted by Gasteiger charge is 2.52. The molecule has 4 amide bonds. The summed E-state index contributed by atoms with van der Waals surface area (Å²) in [6.07, 6.45) is 9.00. The Morgan fingerprint density at radius 1 is 1.00 bits per heavy atom. The van der Waals surface area contributed by atoms with Crippen molar-refractivity contribution in [3.63, 3.8) is 0 Å². The van der Waals surface area contributed by atoms with Crippen LogP contribution >= 0.6 is 11.8 Å². The van der Waals surface area contributed by atoms with Gasteiger partial charge in [0.25, 0.3) is 5.24 Å². The van der Waals surface area contributed by atoms with Gasteiger partial charge in [0.1, 0.15) is 0 Å². The van der Waals surface area contributed by atoms with Crippen molar-refractivity contribution in [3.05, 3.63) is 0 Å². The van der Waals surface area contributed by atoms with Gasteiger partial charge < -0.3 is 10.2 Å². The minimum absolute atomic E-state index is 0.0337. The molecule has 4 bridgehead atoms. The maximum Gasteiger partial charge on any atom is 0.317 e. The Hall–Kier alpha value is -1.24. The molecule has 6 rings (SSSR count). The normalized spacial score (nSPS) is 39.8. The van der Waals surface area contributed by atoms with Crippen LogP contribution in [0.25, 0.3) is 0 Å². The van der Waals surface area contributed by atoms with Crippen LogP contribution < -0.4 is 5.32 Å². The fourth-order valence-corrected chi connectivity index (χ4v) is 7.39. The predicted molar refractivity (Wildman–Crippen MR) is 98.7 cm³/mol. The van der Waals surface area contributed by atoms with Gasteiger partial charge in [0, 0.05) is 24.7 Å². The third kappa shape index (κ3) is 2.83. The number of nitrogens with one attached hydrogen (secondary N) is 1. The number of rotatable bonds is 2. The SMILES string of the molecule is O=C(NC12CC3CC(CC(C3)C1)C2)N1CCC(N2C(=O)CSC2=O)CC1. The van der Waals surface area contributed by atoms with E-state index in [1.165, 1.54) is 24.2 Å². The van der Waals surface area contributed by atoms with Crippen LogP contribution in [0, 0.1) is 17.8 Å². The minimum atomic E-state index is -0.119. The monoisotopic (exact) mass is 377 g/mol. The lowest BCUT2D eigenvalue weighted by molar-refractivity contribution is -0.126. The Labute approximate surface area is 158 Å². The first-order chi connectivity index (χ1) is 12.5. The first-order valence-corrected chi connectivity index (χ1v) is 11.1. The first kappa shape index (κ1) is 16.9. The Bertz CT molecular complexity index is 593. The molecule has 4 saturated carbocycles. The Balaban J connectivity index is 1.19. The molecule has 142 valence electrons. The van der Waals surface area contributed by atoms with Crippen molar-refractivity contribution in [1.82, 2.24) is 15.1 Å². The van der Waals surface area contributed by atoms with Gasteiger partial charge >= 0.3 is 6.03 Å². The second-order valence-corrected chi connectivity index (χ2v) is 10.1. The molecule has 2 saturated heterocycles. The number of thioether (sulfide) groups is 1. The third-order valence-corrected chi connectivity index (χ3v) is 8.15. The van der Waals surface area contributed by atoms with Gasteiger partial charge in [-0.3, -0.25) is 14.5 Å². The van der Waals surface area contributed by atoms with Crippen molar-refractivity contribution in [2.75, 3.05) is 18.8 Å². The van der Waals surface area contributed by atoms with E-state index in [4.69, 9.17) is 0 Å². The molecule has 6 fully saturated rings. The molecule has 1 N–H and O–H groups in total. The smallest absolute Gasteiger partial charge is 0.317 e. The Morgan fingerprint density at radius 2 is 1.58 bits per heavy atom. The number of carbonyl (C=O) groups excluding carboxylic acids is 3. The molecule has 0 atom stereocenters. The highest BCUT2D eigenvalue weighted by atomic mass is 32.2. The van der Waals surface area contributed by atoms with E-state index in [-0.39, 0.29) is 34.5 Å². The summed E-state index contributed by atoms with van der Waals surface area (Å²) in [4.78, 5) is 40.0. The van der Waals surface area contributed by atoms with Crippen molar-refractivity contribution < 1.29 is 14.4 Å². The molecule has 0 spiro atoms. The average Bonchev–Trinajstić information content (AvgIpc) is 2.92. The summed E-state index contributed by atoms with van der Waals surface area (Å²) in [7, 11) is 0. The third-order valence-electron chi connectivity index (χ3n) is 7.31. The number of hydrogen-bond donors (Lipinski definition) is 1. The summed E-state index contributed by atoms with van der Waals surface area (Å²) >= 11 is 1.10. The highest BCUT2D eigenvalue weighted by molar-refractivity contribution is 8.14. The van der Waals surface area contributed by atoms with E-state index in [9.17, 15) is 14.4 Å². The number of amides is 4. The van der Waals surface area contributed by atoms with E-state index in [2.05, 4.69) is 5.32 Å². The highest BCUT2D eigenvalue weighted by Crippen LogP contribution is 2.55. The summed E-state index contributed by atoms with van der Waals surface area (Å²) < 4.78 is 0. The van der Waals surface area contributed by atoms with Crippen LogP contribution in [-0.2, 0) is 4.79 Å². The van der Waals surface area contributed by atoms with E-state index in [1.807, 2.05) is 4.90 Å². The summed E-state index contributed by atoms with van der Waals surface area (Å²) in [5, 5.41) is 3.31. The maximum absolute atomic E-state index is 12.9. The molecular weight excluding hydrogens is 350 g/mol. The van der Waals surface area contributed by atoms with Gasteiger partial charge in [0.2, 0.25) is 5.91 Å². The van der Waals surface area contributed by atoms with Gasteiger partial charge in [-0.15, -0.1) is 0 Å². The summed E-state index contributed by atoms with van der Waals surface area (Å²) in [5.41, 5.74) is 0.0419. The Morgan fingerprint density at radius 3 is 2.08 bits per heavy atom. The van der Waals surface area contributed by atoms with Crippen molar-refractivity contribution in [1.29, 1.82) is 0 Å². The van der Waals surface area contributed by atoms with Crippen LogP contribution in [0.1, 0.15) is 51.4 Å². The van der Waals surface area contributed by atoms with Crippen LogP contribution in [0.3, 0.4) is 0 Å².